The van der Waals surface area contributed by atoms with Crippen molar-refractivity contribution in [2.75, 3.05) is 6.54 Å². The standard InChI is InChI=1S/C21H27N3O2.ClH/c1-14(2)20(22)21(26)23-12-19(25)24(18-9-10-18)13-15-7-8-16-5-3-4-6-17(16)11-15;/h3-8,11,14,18,20H,9-10,12-13,22H2,1-2H3,(H,23,26);1H/t20-;/m0./s1. The number of fused-ring (bicyclic) bond motifs is 1. The van der Waals surface area contributed by atoms with Crippen molar-refractivity contribution in [1.29, 1.82) is 0 Å². The second-order valence-corrected chi connectivity index (χ2v) is 7.42. The Morgan fingerprint density at radius 1 is 1.15 bits per heavy atom. The first-order chi connectivity index (χ1) is 12.5. The largest absolute Gasteiger partial charge is 0.346 e. The van der Waals surface area contributed by atoms with Gasteiger partial charge in [-0.2, -0.15) is 0 Å². The summed E-state index contributed by atoms with van der Waals surface area (Å²) in [6.07, 6.45) is 2.05. The Bertz CT molecular complexity index is 805. The normalized spacial score (nSPS) is 14.5. The Morgan fingerprint density at radius 3 is 2.44 bits per heavy atom. The van der Waals surface area contributed by atoms with Crippen molar-refractivity contribution >= 4 is 35.0 Å². The summed E-state index contributed by atoms with van der Waals surface area (Å²) in [6.45, 7) is 4.36. The zero-order valence-electron chi connectivity index (χ0n) is 15.9. The molecule has 1 atom stereocenters. The van der Waals surface area contributed by atoms with Gasteiger partial charge in [-0.15, -0.1) is 12.4 Å². The maximum atomic E-state index is 12.7. The van der Waals surface area contributed by atoms with E-state index < -0.39 is 6.04 Å². The molecule has 2 aromatic rings. The number of rotatable bonds is 7. The van der Waals surface area contributed by atoms with Gasteiger partial charge in [0.15, 0.2) is 0 Å². The van der Waals surface area contributed by atoms with Gasteiger partial charge < -0.3 is 16.0 Å². The van der Waals surface area contributed by atoms with Gasteiger partial charge in [0.25, 0.3) is 0 Å². The molecule has 2 aromatic carbocycles. The van der Waals surface area contributed by atoms with E-state index in [1.54, 1.807) is 0 Å². The van der Waals surface area contributed by atoms with Crippen molar-refractivity contribution in [2.24, 2.45) is 11.7 Å². The minimum atomic E-state index is -0.585. The molecule has 0 radical (unpaired) electrons. The number of halogens is 1. The molecule has 6 heteroatoms. The van der Waals surface area contributed by atoms with Gasteiger partial charge in [-0.1, -0.05) is 50.2 Å². The van der Waals surface area contributed by atoms with Crippen LogP contribution in [0.5, 0.6) is 0 Å². The molecule has 5 nitrogen and oxygen atoms in total. The molecule has 2 amide bonds. The molecule has 0 spiro atoms. The Hall–Kier alpha value is -2.11. The fraction of sp³-hybridized carbons (Fsp3) is 0.429. The van der Waals surface area contributed by atoms with Gasteiger partial charge in [-0.05, 0) is 41.2 Å². The van der Waals surface area contributed by atoms with Crippen LogP contribution < -0.4 is 11.1 Å². The molecule has 0 saturated heterocycles. The molecule has 1 fully saturated rings. The highest BCUT2D eigenvalue weighted by Crippen LogP contribution is 2.29. The summed E-state index contributed by atoms with van der Waals surface area (Å²) in [7, 11) is 0. The molecule has 0 aromatic heterocycles. The van der Waals surface area contributed by atoms with E-state index in [-0.39, 0.29) is 42.7 Å². The van der Waals surface area contributed by atoms with Crippen LogP contribution in [0.3, 0.4) is 0 Å². The van der Waals surface area contributed by atoms with Crippen LogP contribution in [0.2, 0.25) is 0 Å². The average molecular weight is 390 g/mol. The van der Waals surface area contributed by atoms with Crippen LogP contribution in [0, 0.1) is 5.92 Å². The lowest BCUT2D eigenvalue weighted by atomic mass is 10.1. The lowest BCUT2D eigenvalue weighted by molar-refractivity contribution is -0.134. The van der Waals surface area contributed by atoms with Crippen LogP contribution in [-0.4, -0.2) is 35.3 Å². The summed E-state index contributed by atoms with van der Waals surface area (Å²) < 4.78 is 0. The fourth-order valence-corrected chi connectivity index (χ4v) is 3.03. The molecule has 0 heterocycles. The minimum absolute atomic E-state index is 0. The molecule has 0 unspecified atom stereocenters. The first-order valence-corrected chi connectivity index (χ1v) is 9.26. The highest BCUT2D eigenvalue weighted by Gasteiger charge is 2.32. The number of nitrogens with one attached hydrogen (secondary N) is 1. The third kappa shape index (κ3) is 5.44. The van der Waals surface area contributed by atoms with E-state index in [4.69, 9.17) is 5.73 Å². The van der Waals surface area contributed by atoms with Gasteiger partial charge in [-0.25, -0.2) is 0 Å². The van der Waals surface area contributed by atoms with Crippen LogP contribution in [-0.2, 0) is 16.1 Å². The number of nitrogens with zero attached hydrogens (tertiary/aromatic N) is 1. The summed E-state index contributed by atoms with van der Waals surface area (Å²) in [5, 5.41) is 5.05. The molecule has 0 aliphatic heterocycles. The van der Waals surface area contributed by atoms with Crippen LogP contribution in [0.1, 0.15) is 32.3 Å². The fourth-order valence-electron chi connectivity index (χ4n) is 3.03. The highest BCUT2D eigenvalue weighted by molar-refractivity contribution is 5.88. The van der Waals surface area contributed by atoms with Crippen molar-refractivity contribution < 1.29 is 9.59 Å². The number of benzene rings is 2. The van der Waals surface area contributed by atoms with Crippen molar-refractivity contribution in [3.05, 3.63) is 48.0 Å². The molecular formula is C21H28ClN3O2. The Morgan fingerprint density at radius 2 is 1.81 bits per heavy atom. The van der Waals surface area contributed by atoms with E-state index in [1.807, 2.05) is 30.9 Å². The predicted molar refractivity (Wildman–Crippen MR) is 111 cm³/mol. The van der Waals surface area contributed by atoms with Gasteiger partial charge in [0.1, 0.15) is 0 Å². The van der Waals surface area contributed by atoms with Crippen molar-refractivity contribution in [1.82, 2.24) is 10.2 Å². The topological polar surface area (TPSA) is 75.4 Å². The van der Waals surface area contributed by atoms with Crippen LogP contribution in [0.25, 0.3) is 10.8 Å². The molecule has 0 bridgehead atoms. The van der Waals surface area contributed by atoms with Gasteiger partial charge in [0.05, 0.1) is 12.6 Å². The lowest BCUT2D eigenvalue weighted by Crippen LogP contribution is -2.48. The van der Waals surface area contributed by atoms with Gasteiger partial charge in [-0.3, -0.25) is 9.59 Å². The molecule has 1 aliphatic rings. The van der Waals surface area contributed by atoms with Gasteiger partial charge in [0.2, 0.25) is 11.8 Å². The van der Waals surface area contributed by atoms with Gasteiger partial charge >= 0.3 is 0 Å². The van der Waals surface area contributed by atoms with Crippen LogP contribution in [0.4, 0.5) is 0 Å². The molecular weight excluding hydrogens is 362 g/mol. The average Bonchev–Trinajstić information content (AvgIpc) is 3.48. The first kappa shape index (κ1) is 21.2. The van der Waals surface area contributed by atoms with E-state index in [1.165, 1.54) is 10.8 Å². The molecule has 3 rings (SSSR count). The third-order valence-electron chi connectivity index (χ3n) is 4.91. The first-order valence-electron chi connectivity index (χ1n) is 9.26. The molecule has 3 N–H and O–H groups in total. The highest BCUT2D eigenvalue weighted by atomic mass is 35.5. The van der Waals surface area contributed by atoms with Crippen molar-refractivity contribution in [3.63, 3.8) is 0 Å². The van der Waals surface area contributed by atoms with E-state index in [0.29, 0.717) is 6.54 Å². The molecule has 1 saturated carbocycles. The van der Waals surface area contributed by atoms with E-state index in [2.05, 4.69) is 35.6 Å². The Kier molecular flexibility index (Phi) is 7.22. The number of amides is 2. The van der Waals surface area contributed by atoms with Crippen LogP contribution >= 0.6 is 12.4 Å². The second kappa shape index (κ2) is 9.20. The van der Waals surface area contributed by atoms with E-state index in [9.17, 15) is 9.59 Å². The Balaban J connectivity index is 0.00000261. The maximum Gasteiger partial charge on any atom is 0.242 e. The lowest BCUT2D eigenvalue weighted by Gasteiger charge is -2.24. The summed E-state index contributed by atoms with van der Waals surface area (Å²) >= 11 is 0. The monoisotopic (exact) mass is 389 g/mol. The number of hydrogen-bond acceptors (Lipinski definition) is 3. The molecule has 1 aliphatic carbocycles. The molecule has 146 valence electrons. The maximum absolute atomic E-state index is 12.7. The zero-order chi connectivity index (χ0) is 18.7. The number of hydrogen-bond donors (Lipinski definition) is 2. The van der Waals surface area contributed by atoms with Crippen LogP contribution in [0.15, 0.2) is 42.5 Å². The van der Waals surface area contributed by atoms with E-state index >= 15 is 0 Å². The number of carbonyl (C=O) groups excluding carboxylic acids is 2. The summed E-state index contributed by atoms with van der Waals surface area (Å²) in [4.78, 5) is 26.5. The summed E-state index contributed by atoms with van der Waals surface area (Å²) in [5.74, 6) is -0.276. The quantitative estimate of drug-likeness (QED) is 0.764. The summed E-state index contributed by atoms with van der Waals surface area (Å²) in [5.41, 5.74) is 6.94. The summed E-state index contributed by atoms with van der Waals surface area (Å²) in [6, 6.07) is 14.2. The minimum Gasteiger partial charge on any atom is -0.346 e. The smallest absolute Gasteiger partial charge is 0.242 e. The van der Waals surface area contributed by atoms with E-state index in [0.717, 1.165) is 18.4 Å². The van der Waals surface area contributed by atoms with Gasteiger partial charge in [0, 0.05) is 12.6 Å². The number of nitrogens with two attached hydrogens (primary N) is 1. The molecule has 27 heavy (non-hydrogen) atoms. The third-order valence-corrected chi connectivity index (χ3v) is 4.91. The second-order valence-electron chi connectivity index (χ2n) is 7.42. The predicted octanol–water partition coefficient (Wildman–Crippen LogP) is 2.85. The number of carbonyl (C=O) groups is 2. The SMILES string of the molecule is CC(C)[C@H](N)C(=O)NCC(=O)N(Cc1ccc2ccccc2c1)C1CC1.Cl. The zero-order valence-corrected chi connectivity index (χ0v) is 16.7. The Labute approximate surface area is 166 Å². The van der Waals surface area contributed by atoms with Crippen molar-refractivity contribution in [2.45, 2.75) is 45.3 Å². The van der Waals surface area contributed by atoms with Crippen molar-refractivity contribution in [3.8, 4) is 0 Å².